The Morgan fingerprint density at radius 1 is 1.12 bits per heavy atom. The number of ether oxygens (including phenoxy) is 1. The molecule has 0 aliphatic rings. The fourth-order valence-electron chi connectivity index (χ4n) is 2.32. The monoisotopic (exact) mass is 329 g/mol. The van der Waals surface area contributed by atoms with Crippen LogP contribution >= 0.6 is 0 Å². The number of aromatic amines is 2. The molecular formula is C17H16FN3O3. The second kappa shape index (κ2) is 6.19. The molecule has 0 fully saturated rings. The normalized spacial score (nSPS) is 11.0. The minimum atomic E-state index is -0.480. The maximum absolute atomic E-state index is 13.5. The van der Waals surface area contributed by atoms with E-state index in [4.69, 9.17) is 4.74 Å². The lowest BCUT2D eigenvalue weighted by atomic mass is 10.2. The molecule has 0 aliphatic heterocycles. The van der Waals surface area contributed by atoms with Gasteiger partial charge in [-0.05, 0) is 44.2 Å². The number of imidazole rings is 1. The third kappa shape index (κ3) is 3.29. The second-order valence-electron chi connectivity index (χ2n) is 5.60. The summed E-state index contributed by atoms with van der Waals surface area (Å²) in [5.41, 5.74) is 1.35. The fraction of sp³-hybridized carbons (Fsp3) is 0.176. The average Bonchev–Trinajstić information content (AvgIpc) is 2.88. The van der Waals surface area contributed by atoms with Crippen molar-refractivity contribution in [2.24, 2.45) is 0 Å². The maximum Gasteiger partial charge on any atom is 0.323 e. The summed E-state index contributed by atoms with van der Waals surface area (Å²) in [5, 5.41) is 2.64. The first-order valence-corrected chi connectivity index (χ1v) is 7.42. The molecule has 0 bridgehead atoms. The summed E-state index contributed by atoms with van der Waals surface area (Å²) in [6.45, 7) is 3.68. The molecular weight excluding hydrogens is 313 g/mol. The molecule has 1 aromatic heterocycles. The summed E-state index contributed by atoms with van der Waals surface area (Å²) in [5.74, 6) is -0.527. The number of halogens is 1. The van der Waals surface area contributed by atoms with Gasteiger partial charge in [0, 0.05) is 11.6 Å². The molecule has 3 rings (SSSR count). The van der Waals surface area contributed by atoms with Gasteiger partial charge in [0.15, 0.2) is 0 Å². The largest absolute Gasteiger partial charge is 0.489 e. The Kier molecular flexibility index (Phi) is 4.07. The predicted octanol–water partition coefficient (Wildman–Crippen LogP) is 3.03. The van der Waals surface area contributed by atoms with Crippen molar-refractivity contribution in [2.75, 3.05) is 5.32 Å². The Balaban J connectivity index is 1.90. The molecule has 2 aromatic carbocycles. The number of carbonyl (C=O) groups excluding carboxylic acids is 1. The van der Waals surface area contributed by atoms with Crippen LogP contribution in [0.15, 0.2) is 41.2 Å². The van der Waals surface area contributed by atoms with Gasteiger partial charge in [-0.15, -0.1) is 0 Å². The van der Waals surface area contributed by atoms with Gasteiger partial charge < -0.3 is 20.0 Å². The van der Waals surface area contributed by atoms with Gasteiger partial charge in [-0.3, -0.25) is 4.79 Å². The van der Waals surface area contributed by atoms with Gasteiger partial charge in [0.25, 0.3) is 5.91 Å². The summed E-state index contributed by atoms with van der Waals surface area (Å²) in [6, 6.07) is 8.68. The van der Waals surface area contributed by atoms with Crippen molar-refractivity contribution in [1.29, 1.82) is 0 Å². The van der Waals surface area contributed by atoms with Gasteiger partial charge in [-0.1, -0.05) is 0 Å². The molecule has 0 aliphatic carbocycles. The fourth-order valence-corrected chi connectivity index (χ4v) is 2.32. The quantitative estimate of drug-likeness (QED) is 0.687. The number of hydrogen-bond acceptors (Lipinski definition) is 3. The van der Waals surface area contributed by atoms with Crippen molar-refractivity contribution in [1.82, 2.24) is 9.97 Å². The van der Waals surface area contributed by atoms with Gasteiger partial charge in [0.1, 0.15) is 11.6 Å². The van der Waals surface area contributed by atoms with Crippen LogP contribution in [0.1, 0.15) is 24.2 Å². The molecule has 124 valence electrons. The molecule has 0 atom stereocenters. The Labute approximate surface area is 136 Å². The zero-order valence-corrected chi connectivity index (χ0v) is 13.1. The van der Waals surface area contributed by atoms with Crippen LogP contribution in [-0.4, -0.2) is 22.0 Å². The lowest BCUT2D eigenvalue weighted by Crippen LogP contribution is -2.14. The van der Waals surface area contributed by atoms with Gasteiger partial charge in [0.2, 0.25) is 0 Å². The Hall–Kier alpha value is -3.09. The molecule has 3 aromatic rings. The van der Waals surface area contributed by atoms with Crippen LogP contribution < -0.4 is 15.7 Å². The molecule has 0 unspecified atom stereocenters. The van der Waals surface area contributed by atoms with Gasteiger partial charge >= 0.3 is 5.69 Å². The van der Waals surface area contributed by atoms with E-state index in [1.54, 1.807) is 18.2 Å². The van der Waals surface area contributed by atoms with Crippen LogP contribution in [0.2, 0.25) is 0 Å². The molecule has 3 N–H and O–H groups in total. The van der Waals surface area contributed by atoms with Crippen LogP contribution in [0, 0.1) is 5.82 Å². The Morgan fingerprint density at radius 3 is 2.62 bits per heavy atom. The summed E-state index contributed by atoms with van der Waals surface area (Å²) in [6.07, 6.45) is -0.118. The highest BCUT2D eigenvalue weighted by Crippen LogP contribution is 2.27. The molecule has 0 saturated heterocycles. The zero-order chi connectivity index (χ0) is 17.3. The van der Waals surface area contributed by atoms with E-state index in [9.17, 15) is 14.0 Å². The number of anilines is 1. The first-order valence-electron chi connectivity index (χ1n) is 7.42. The summed E-state index contributed by atoms with van der Waals surface area (Å²) in [4.78, 5) is 28.9. The number of aromatic nitrogens is 2. The van der Waals surface area contributed by atoms with E-state index < -0.39 is 11.7 Å². The van der Waals surface area contributed by atoms with Gasteiger partial charge in [0.05, 0.1) is 22.8 Å². The lowest BCUT2D eigenvalue weighted by Gasteiger charge is -2.15. The van der Waals surface area contributed by atoms with E-state index in [0.29, 0.717) is 22.3 Å². The summed E-state index contributed by atoms with van der Waals surface area (Å²) in [7, 11) is 0. The first-order chi connectivity index (χ1) is 11.4. The van der Waals surface area contributed by atoms with E-state index >= 15 is 0 Å². The van der Waals surface area contributed by atoms with Crippen molar-refractivity contribution in [3.63, 3.8) is 0 Å². The highest BCUT2D eigenvalue weighted by Gasteiger charge is 2.13. The third-order valence-corrected chi connectivity index (χ3v) is 3.33. The van der Waals surface area contributed by atoms with E-state index in [0.717, 1.165) is 0 Å². The predicted molar refractivity (Wildman–Crippen MR) is 89.0 cm³/mol. The molecule has 1 heterocycles. The van der Waals surface area contributed by atoms with E-state index in [-0.39, 0.29) is 17.5 Å². The molecule has 24 heavy (non-hydrogen) atoms. The van der Waals surface area contributed by atoms with Gasteiger partial charge in [-0.2, -0.15) is 0 Å². The first kappa shape index (κ1) is 15.8. The minimum Gasteiger partial charge on any atom is -0.489 e. The van der Waals surface area contributed by atoms with Gasteiger partial charge in [-0.25, -0.2) is 9.18 Å². The minimum absolute atomic E-state index is 0.118. The molecule has 0 spiro atoms. The smallest absolute Gasteiger partial charge is 0.323 e. The summed E-state index contributed by atoms with van der Waals surface area (Å²) < 4.78 is 19.1. The number of H-pyrrole nitrogens is 2. The third-order valence-electron chi connectivity index (χ3n) is 3.33. The highest BCUT2D eigenvalue weighted by molar-refractivity contribution is 6.06. The second-order valence-corrected chi connectivity index (χ2v) is 5.60. The number of benzene rings is 2. The van der Waals surface area contributed by atoms with Crippen LogP contribution in [0.25, 0.3) is 11.0 Å². The van der Waals surface area contributed by atoms with Crippen molar-refractivity contribution in [2.45, 2.75) is 20.0 Å². The SMILES string of the molecule is CC(C)Oc1ccc(F)cc1NC(=O)c1ccc2[nH]c(=O)[nH]c2c1. The molecule has 1 amide bonds. The molecule has 6 nitrogen and oxygen atoms in total. The topological polar surface area (TPSA) is 87.0 Å². The number of fused-ring (bicyclic) bond motifs is 1. The maximum atomic E-state index is 13.5. The zero-order valence-electron chi connectivity index (χ0n) is 13.1. The van der Waals surface area contributed by atoms with E-state index in [1.165, 1.54) is 18.2 Å². The van der Waals surface area contributed by atoms with E-state index in [2.05, 4.69) is 15.3 Å². The van der Waals surface area contributed by atoms with Crippen LogP contribution in [0.4, 0.5) is 10.1 Å². The van der Waals surface area contributed by atoms with E-state index in [1.807, 2.05) is 13.8 Å². The molecule has 0 radical (unpaired) electrons. The molecule has 7 heteroatoms. The molecule has 0 saturated carbocycles. The van der Waals surface area contributed by atoms with Crippen LogP contribution in [-0.2, 0) is 0 Å². The van der Waals surface area contributed by atoms with Crippen molar-refractivity contribution in [3.8, 4) is 5.75 Å². The number of carbonyl (C=O) groups is 1. The summed E-state index contributed by atoms with van der Waals surface area (Å²) >= 11 is 0. The van der Waals surface area contributed by atoms with Crippen molar-refractivity contribution >= 4 is 22.6 Å². The number of rotatable bonds is 4. The number of amides is 1. The van der Waals surface area contributed by atoms with Crippen molar-refractivity contribution in [3.05, 3.63) is 58.3 Å². The van der Waals surface area contributed by atoms with Crippen LogP contribution in [0.5, 0.6) is 5.75 Å². The lowest BCUT2D eigenvalue weighted by molar-refractivity contribution is 0.102. The average molecular weight is 329 g/mol. The number of nitrogens with one attached hydrogen (secondary N) is 3. The van der Waals surface area contributed by atoms with Crippen molar-refractivity contribution < 1.29 is 13.9 Å². The Bertz CT molecular complexity index is 959. The van der Waals surface area contributed by atoms with Crippen LogP contribution in [0.3, 0.4) is 0 Å². The number of hydrogen-bond donors (Lipinski definition) is 3. The standard InChI is InChI=1S/C17H16FN3O3/c1-9(2)24-15-6-4-11(18)8-14(15)19-16(22)10-3-5-12-13(7-10)21-17(23)20-12/h3-9H,1-2H3,(H,19,22)(H2,20,21,23). The highest BCUT2D eigenvalue weighted by atomic mass is 19.1. The Morgan fingerprint density at radius 2 is 1.88 bits per heavy atom.